The van der Waals surface area contributed by atoms with E-state index in [4.69, 9.17) is 0 Å². The van der Waals surface area contributed by atoms with E-state index in [1.165, 1.54) is 0 Å². The molecule has 2 nitrogen and oxygen atoms in total. The predicted octanol–water partition coefficient (Wildman–Crippen LogP) is 4.46. The Kier molecular flexibility index (Phi) is 7.16. The molecule has 0 aliphatic carbocycles. The highest BCUT2D eigenvalue weighted by atomic mass is 19.1. The second kappa shape index (κ2) is 8.38. The summed E-state index contributed by atoms with van der Waals surface area (Å²) in [5.41, 5.74) is 0.901. The van der Waals surface area contributed by atoms with Crippen LogP contribution < -0.4 is 10.2 Å². The van der Waals surface area contributed by atoms with Gasteiger partial charge in [-0.3, -0.25) is 0 Å². The summed E-state index contributed by atoms with van der Waals surface area (Å²) < 4.78 is 14.1. The Balaban J connectivity index is 2.91. The van der Waals surface area contributed by atoms with Gasteiger partial charge in [-0.1, -0.05) is 39.8 Å². The van der Waals surface area contributed by atoms with Gasteiger partial charge in [-0.05, 0) is 37.3 Å². The zero-order valence-electron chi connectivity index (χ0n) is 14.2. The summed E-state index contributed by atoms with van der Waals surface area (Å²) in [6.07, 6.45) is 2.18. The monoisotopic (exact) mass is 294 g/mol. The second-order valence-corrected chi connectivity index (χ2v) is 6.21. The van der Waals surface area contributed by atoms with Gasteiger partial charge < -0.3 is 10.2 Å². The summed E-state index contributed by atoms with van der Waals surface area (Å²) in [5.74, 6) is -0.128. The van der Waals surface area contributed by atoms with Crippen molar-refractivity contribution in [2.45, 2.75) is 53.5 Å². The van der Waals surface area contributed by atoms with E-state index in [1.807, 2.05) is 12.1 Å². The summed E-state index contributed by atoms with van der Waals surface area (Å²) in [7, 11) is 0. The summed E-state index contributed by atoms with van der Waals surface area (Å²) in [5, 5.41) is 3.56. The van der Waals surface area contributed by atoms with E-state index in [9.17, 15) is 4.39 Å². The fourth-order valence-corrected chi connectivity index (χ4v) is 2.68. The third kappa shape index (κ3) is 4.99. The minimum Gasteiger partial charge on any atom is -0.369 e. The van der Waals surface area contributed by atoms with Crippen molar-refractivity contribution >= 4 is 5.69 Å². The molecule has 0 heterocycles. The van der Waals surface area contributed by atoms with Crippen LogP contribution in [0.25, 0.3) is 0 Å². The molecule has 0 saturated heterocycles. The number of hydrogen-bond donors (Lipinski definition) is 1. The van der Waals surface area contributed by atoms with Crippen LogP contribution in [0.2, 0.25) is 0 Å². The fraction of sp³-hybridized carbons (Fsp3) is 0.667. The SMILES string of the molecule is CCN(CC(CC)(CC)CNC(C)C)c1ccccc1F. The topological polar surface area (TPSA) is 15.3 Å². The summed E-state index contributed by atoms with van der Waals surface area (Å²) in [6, 6.07) is 7.56. The van der Waals surface area contributed by atoms with E-state index in [0.717, 1.165) is 38.2 Å². The molecule has 1 N–H and O–H groups in total. The molecular weight excluding hydrogens is 263 g/mol. The molecule has 0 bridgehead atoms. The number of para-hydroxylation sites is 1. The largest absolute Gasteiger partial charge is 0.369 e. The first-order valence-electron chi connectivity index (χ1n) is 8.20. The highest BCUT2D eigenvalue weighted by Crippen LogP contribution is 2.30. The molecule has 1 aromatic rings. The number of hydrogen-bond acceptors (Lipinski definition) is 2. The summed E-state index contributed by atoms with van der Waals surface area (Å²) >= 11 is 0. The van der Waals surface area contributed by atoms with Crippen molar-refractivity contribution in [3.8, 4) is 0 Å². The maximum absolute atomic E-state index is 14.1. The zero-order valence-corrected chi connectivity index (χ0v) is 14.2. The lowest BCUT2D eigenvalue weighted by Gasteiger charge is -2.39. The molecule has 3 heteroatoms. The number of nitrogens with zero attached hydrogens (tertiary/aromatic N) is 1. The van der Waals surface area contributed by atoms with E-state index in [2.05, 4.69) is 44.8 Å². The Hall–Kier alpha value is -1.09. The summed E-state index contributed by atoms with van der Waals surface area (Å²) in [4.78, 5) is 2.17. The van der Waals surface area contributed by atoms with Gasteiger partial charge in [0.05, 0.1) is 5.69 Å². The Morgan fingerprint density at radius 1 is 1.14 bits per heavy atom. The van der Waals surface area contributed by atoms with Crippen LogP contribution in [0.15, 0.2) is 24.3 Å². The average molecular weight is 294 g/mol. The molecule has 1 rings (SSSR count). The number of nitrogens with one attached hydrogen (secondary N) is 1. The van der Waals surface area contributed by atoms with Crippen LogP contribution in [0.5, 0.6) is 0 Å². The van der Waals surface area contributed by atoms with Crippen molar-refractivity contribution in [2.24, 2.45) is 5.41 Å². The Morgan fingerprint density at radius 2 is 1.76 bits per heavy atom. The lowest BCUT2D eigenvalue weighted by molar-refractivity contribution is 0.245. The molecular formula is C18H31FN2. The van der Waals surface area contributed by atoms with Crippen molar-refractivity contribution < 1.29 is 4.39 Å². The van der Waals surface area contributed by atoms with Crippen molar-refractivity contribution in [1.29, 1.82) is 0 Å². The zero-order chi connectivity index (χ0) is 15.9. The molecule has 0 aliphatic rings. The first-order valence-corrected chi connectivity index (χ1v) is 8.20. The molecule has 120 valence electrons. The quantitative estimate of drug-likeness (QED) is 0.723. The highest BCUT2D eigenvalue weighted by molar-refractivity contribution is 5.47. The first-order chi connectivity index (χ1) is 9.98. The normalized spacial score (nSPS) is 12.0. The van der Waals surface area contributed by atoms with E-state index >= 15 is 0 Å². The molecule has 0 saturated carbocycles. The standard InChI is InChI=1S/C18H31FN2/c1-6-18(7-2,13-20-15(4)5)14-21(8-3)17-12-10-9-11-16(17)19/h9-12,15,20H,6-8,13-14H2,1-5H3. The van der Waals surface area contributed by atoms with Gasteiger partial charge >= 0.3 is 0 Å². The van der Waals surface area contributed by atoms with E-state index < -0.39 is 0 Å². The molecule has 0 spiro atoms. The Bertz CT molecular complexity index is 413. The maximum Gasteiger partial charge on any atom is 0.146 e. The van der Waals surface area contributed by atoms with E-state index in [1.54, 1.807) is 12.1 Å². The smallest absolute Gasteiger partial charge is 0.146 e. The van der Waals surface area contributed by atoms with Crippen molar-refractivity contribution in [3.63, 3.8) is 0 Å². The van der Waals surface area contributed by atoms with Crippen LogP contribution in [0.3, 0.4) is 0 Å². The van der Waals surface area contributed by atoms with Gasteiger partial charge in [-0.2, -0.15) is 0 Å². The maximum atomic E-state index is 14.1. The lowest BCUT2D eigenvalue weighted by Crippen LogP contribution is -2.45. The Labute approximate surface area is 129 Å². The number of benzene rings is 1. The molecule has 0 radical (unpaired) electrons. The third-order valence-electron chi connectivity index (χ3n) is 4.49. The molecule has 0 unspecified atom stereocenters. The predicted molar refractivity (Wildman–Crippen MR) is 90.4 cm³/mol. The van der Waals surface area contributed by atoms with Gasteiger partial charge in [0.15, 0.2) is 0 Å². The van der Waals surface area contributed by atoms with Crippen LogP contribution >= 0.6 is 0 Å². The first kappa shape index (κ1) is 18.0. The van der Waals surface area contributed by atoms with Gasteiger partial charge in [0.25, 0.3) is 0 Å². The molecule has 0 atom stereocenters. The molecule has 1 aromatic carbocycles. The summed E-state index contributed by atoms with van der Waals surface area (Å²) in [6.45, 7) is 13.6. The van der Waals surface area contributed by atoms with Gasteiger partial charge in [-0.15, -0.1) is 0 Å². The van der Waals surface area contributed by atoms with E-state index in [0.29, 0.717) is 6.04 Å². The molecule has 0 fully saturated rings. The van der Waals surface area contributed by atoms with E-state index in [-0.39, 0.29) is 11.2 Å². The van der Waals surface area contributed by atoms with Gasteiger partial charge in [-0.25, -0.2) is 4.39 Å². The van der Waals surface area contributed by atoms with Crippen molar-refractivity contribution in [2.75, 3.05) is 24.5 Å². The Morgan fingerprint density at radius 3 is 2.24 bits per heavy atom. The van der Waals surface area contributed by atoms with Crippen LogP contribution in [0, 0.1) is 11.2 Å². The van der Waals surface area contributed by atoms with Gasteiger partial charge in [0, 0.05) is 25.7 Å². The highest BCUT2D eigenvalue weighted by Gasteiger charge is 2.29. The van der Waals surface area contributed by atoms with Crippen molar-refractivity contribution in [3.05, 3.63) is 30.1 Å². The van der Waals surface area contributed by atoms with Crippen LogP contribution in [-0.4, -0.2) is 25.7 Å². The van der Waals surface area contributed by atoms with Gasteiger partial charge in [0.1, 0.15) is 5.82 Å². The number of halogens is 1. The van der Waals surface area contributed by atoms with Crippen LogP contribution in [0.4, 0.5) is 10.1 Å². The average Bonchev–Trinajstić information content (AvgIpc) is 2.49. The molecule has 0 aromatic heterocycles. The molecule has 0 aliphatic heterocycles. The van der Waals surface area contributed by atoms with Crippen LogP contribution in [-0.2, 0) is 0 Å². The van der Waals surface area contributed by atoms with Crippen molar-refractivity contribution in [1.82, 2.24) is 5.32 Å². The third-order valence-corrected chi connectivity index (χ3v) is 4.49. The lowest BCUT2D eigenvalue weighted by atomic mass is 9.81. The minimum absolute atomic E-state index is 0.128. The molecule has 21 heavy (non-hydrogen) atoms. The second-order valence-electron chi connectivity index (χ2n) is 6.21. The number of anilines is 1. The number of rotatable bonds is 9. The van der Waals surface area contributed by atoms with Gasteiger partial charge in [0.2, 0.25) is 0 Å². The fourth-order valence-electron chi connectivity index (χ4n) is 2.68. The van der Waals surface area contributed by atoms with Crippen LogP contribution in [0.1, 0.15) is 47.5 Å². The minimum atomic E-state index is -0.128. The molecule has 0 amide bonds.